The number of nitrogens with one attached hydrogen (secondary N) is 4. The van der Waals surface area contributed by atoms with Gasteiger partial charge in [-0.3, -0.25) is 15.1 Å². The van der Waals surface area contributed by atoms with Crippen molar-refractivity contribution < 1.29 is 9.59 Å². The maximum atomic E-state index is 12.5. The molecule has 1 saturated heterocycles. The summed E-state index contributed by atoms with van der Waals surface area (Å²) in [6, 6.07) is 13.8. The number of fused-ring (bicyclic) bond motifs is 1. The van der Waals surface area contributed by atoms with Crippen LogP contribution in [-0.2, 0) is 4.79 Å². The van der Waals surface area contributed by atoms with Crippen LogP contribution in [0.5, 0.6) is 0 Å². The molecular weight excluding hydrogens is 378 g/mol. The number of hydrogen-bond acceptors (Lipinski definition) is 3. The molecule has 2 aromatic rings. The standard InChI is InChI=1S/C23H29N5O2/c1-23(20(29)28(2)21(24)27-23)14-15-6-5-9-18(12-15)25-22(30)26-19-11-10-16-7-3-4-8-17(16)13-19/h3-4,7-8,10-11,13,15,18H,5-6,9,12,14H2,1-2H3,(H2,24,27)(H2,25,26,30)/t15-,18+,23+/m0/s1. The van der Waals surface area contributed by atoms with Crippen molar-refractivity contribution in [2.45, 2.75) is 50.6 Å². The van der Waals surface area contributed by atoms with E-state index < -0.39 is 5.54 Å². The van der Waals surface area contributed by atoms with Gasteiger partial charge in [0.1, 0.15) is 5.54 Å². The van der Waals surface area contributed by atoms with Crippen molar-refractivity contribution in [1.29, 1.82) is 5.41 Å². The van der Waals surface area contributed by atoms with Gasteiger partial charge in [-0.05, 0) is 55.0 Å². The van der Waals surface area contributed by atoms with Gasteiger partial charge in [-0.25, -0.2) is 4.79 Å². The van der Waals surface area contributed by atoms with E-state index in [4.69, 9.17) is 5.41 Å². The molecule has 1 saturated carbocycles. The maximum absolute atomic E-state index is 12.5. The van der Waals surface area contributed by atoms with Crippen LogP contribution in [0.3, 0.4) is 0 Å². The predicted octanol–water partition coefficient (Wildman–Crippen LogP) is 3.67. The van der Waals surface area contributed by atoms with Gasteiger partial charge in [0.15, 0.2) is 5.96 Å². The second-order valence-electron chi connectivity index (χ2n) is 8.76. The number of likely N-dealkylation sites (N-methyl/N-ethyl adjacent to an activating group) is 1. The number of hydrogen-bond donors (Lipinski definition) is 4. The van der Waals surface area contributed by atoms with Crippen LogP contribution in [0.15, 0.2) is 42.5 Å². The van der Waals surface area contributed by atoms with E-state index in [1.807, 2.05) is 49.4 Å². The van der Waals surface area contributed by atoms with Crippen LogP contribution in [0.4, 0.5) is 10.5 Å². The smallest absolute Gasteiger partial charge is 0.319 e. The number of urea groups is 1. The molecule has 3 atom stereocenters. The molecule has 0 radical (unpaired) electrons. The summed E-state index contributed by atoms with van der Waals surface area (Å²) < 4.78 is 0. The van der Waals surface area contributed by atoms with Gasteiger partial charge in [0.2, 0.25) is 0 Å². The quantitative estimate of drug-likeness (QED) is 0.623. The van der Waals surface area contributed by atoms with Gasteiger partial charge in [-0.15, -0.1) is 0 Å². The van der Waals surface area contributed by atoms with E-state index in [0.29, 0.717) is 12.3 Å². The van der Waals surface area contributed by atoms with Crippen LogP contribution < -0.4 is 16.0 Å². The molecule has 0 aromatic heterocycles. The summed E-state index contributed by atoms with van der Waals surface area (Å²) in [5.41, 5.74) is 0.0412. The van der Waals surface area contributed by atoms with Crippen molar-refractivity contribution in [2.75, 3.05) is 12.4 Å². The minimum Gasteiger partial charge on any atom is -0.342 e. The Kier molecular flexibility index (Phi) is 5.37. The van der Waals surface area contributed by atoms with Crippen molar-refractivity contribution in [1.82, 2.24) is 15.5 Å². The number of guanidine groups is 1. The topological polar surface area (TPSA) is 97.3 Å². The zero-order valence-electron chi connectivity index (χ0n) is 17.5. The molecule has 0 bridgehead atoms. The van der Waals surface area contributed by atoms with Gasteiger partial charge in [-0.1, -0.05) is 43.2 Å². The van der Waals surface area contributed by atoms with Crippen molar-refractivity contribution >= 4 is 34.4 Å². The maximum Gasteiger partial charge on any atom is 0.319 e. The van der Waals surface area contributed by atoms with Crippen LogP contribution in [0.2, 0.25) is 0 Å². The number of carbonyl (C=O) groups is 2. The van der Waals surface area contributed by atoms with Gasteiger partial charge >= 0.3 is 6.03 Å². The largest absolute Gasteiger partial charge is 0.342 e. The number of anilines is 1. The monoisotopic (exact) mass is 407 g/mol. The lowest BCUT2D eigenvalue weighted by Gasteiger charge is -2.34. The van der Waals surface area contributed by atoms with Crippen molar-refractivity contribution in [3.63, 3.8) is 0 Å². The van der Waals surface area contributed by atoms with E-state index in [-0.39, 0.29) is 23.9 Å². The Morgan fingerprint density at radius 2 is 2.00 bits per heavy atom. The number of nitrogens with zero attached hydrogens (tertiary/aromatic N) is 1. The summed E-state index contributed by atoms with van der Waals surface area (Å²) in [6.07, 6.45) is 4.50. The average molecular weight is 408 g/mol. The first-order chi connectivity index (χ1) is 14.3. The van der Waals surface area contributed by atoms with Gasteiger partial charge in [0, 0.05) is 18.8 Å². The molecule has 2 aromatic carbocycles. The van der Waals surface area contributed by atoms with E-state index in [2.05, 4.69) is 16.0 Å². The second-order valence-corrected chi connectivity index (χ2v) is 8.76. The summed E-state index contributed by atoms with van der Waals surface area (Å²) in [5.74, 6) is 0.421. The Morgan fingerprint density at radius 1 is 1.23 bits per heavy atom. The highest BCUT2D eigenvalue weighted by Gasteiger charge is 2.45. The fraction of sp³-hybridized carbons (Fsp3) is 0.435. The van der Waals surface area contributed by atoms with Crippen LogP contribution >= 0.6 is 0 Å². The third-order valence-electron chi connectivity index (χ3n) is 6.33. The summed E-state index contributed by atoms with van der Waals surface area (Å²) in [6.45, 7) is 1.87. The Balaban J connectivity index is 1.33. The summed E-state index contributed by atoms with van der Waals surface area (Å²) in [7, 11) is 1.63. The fourth-order valence-electron chi connectivity index (χ4n) is 4.81. The first kappa shape index (κ1) is 20.2. The van der Waals surface area contributed by atoms with Gasteiger partial charge < -0.3 is 16.0 Å². The average Bonchev–Trinajstić information content (AvgIpc) is 2.90. The molecule has 2 fully saturated rings. The Labute approximate surface area is 176 Å². The lowest BCUT2D eigenvalue weighted by atomic mass is 9.78. The summed E-state index contributed by atoms with van der Waals surface area (Å²) in [4.78, 5) is 26.4. The third kappa shape index (κ3) is 4.10. The SMILES string of the molecule is CN1C(=N)N[C@](C)(C[C@H]2CCC[C@@H](NC(=O)Nc3ccc4ccccc4c3)C2)C1=O. The first-order valence-corrected chi connectivity index (χ1v) is 10.6. The highest BCUT2D eigenvalue weighted by atomic mass is 16.2. The molecule has 1 aliphatic carbocycles. The molecule has 0 unspecified atom stereocenters. The zero-order chi connectivity index (χ0) is 21.3. The van der Waals surface area contributed by atoms with Gasteiger partial charge in [0.25, 0.3) is 5.91 Å². The molecule has 4 rings (SSSR count). The van der Waals surface area contributed by atoms with Crippen LogP contribution in [0.1, 0.15) is 39.0 Å². The first-order valence-electron chi connectivity index (χ1n) is 10.6. The van der Waals surface area contributed by atoms with E-state index in [0.717, 1.165) is 42.1 Å². The minimum atomic E-state index is -0.730. The highest BCUT2D eigenvalue weighted by Crippen LogP contribution is 2.33. The number of carbonyl (C=O) groups excluding carboxylic acids is 2. The molecule has 7 nitrogen and oxygen atoms in total. The van der Waals surface area contributed by atoms with E-state index in [1.165, 1.54) is 4.90 Å². The molecule has 30 heavy (non-hydrogen) atoms. The Hall–Kier alpha value is -3.09. The fourth-order valence-corrected chi connectivity index (χ4v) is 4.81. The molecular formula is C23H29N5O2. The number of rotatable bonds is 4. The lowest BCUT2D eigenvalue weighted by Crippen LogP contribution is -2.47. The molecule has 7 heteroatoms. The Bertz CT molecular complexity index is 990. The van der Waals surface area contributed by atoms with Gasteiger partial charge in [0.05, 0.1) is 0 Å². The van der Waals surface area contributed by atoms with Crippen LogP contribution in [0, 0.1) is 11.3 Å². The minimum absolute atomic E-state index is 0.0587. The van der Waals surface area contributed by atoms with Crippen molar-refractivity contribution in [3.05, 3.63) is 42.5 Å². The molecule has 4 N–H and O–H groups in total. The van der Waals surface area contributed by atoms with Crippen molar-refractivity contribution in [3.8, 4) is 0 Å². The molecule has 0 spiro atoms. The normalized spacial score (nSPS) is 26.5. The summed E-state index contributed by atoms with van der Waals surface area (Å²) in [5, 5.41) is 19.2. The number of benzene rings is 2. The lowest BCUT2D eigenvalue weighted by molar-refractivity contribution is -0.130. The predicted molar refractivity (Wildman–Crippen MR) is 119 cm³/mol. The molecule has 2 aliphatic rings. The highest BCUT2D eigenvalue weighted by molar-refractivity contribution is 6.07. The zero-order valence-corrected chi connectivity index (χ0v) is 17.5. The molecule has 1 aliphatic heterocycles. The Morgan fingerprint density at radius 3 is 2.73 bits per heavy atom. The summed E-state index contributed by atoms with van der Waals surface area (Å²) >= 11 is 0. The molecule has 158 valence electrons. The third-order valence-corrected chi connectivity index (χ3v) is 6.33. The van der Waals surface area contributed by atoms with Crippen LogP contribution in [-0.4, -0.2) is 41.4 Å². The van der Waals surface area contributed by atoms with Gasteiger partial charge in [-0.2, -0.15) is 0 Å². The molecule has 3 amide bonds. The number of amides is 3. The van der Waals surface area contributed by atoms with E-state index in [1.54, 1.807) is 7.05 Å². The molecule has 1 heterocycles. The van der Waals surface area contributed by atoms with Crippen molar-refractivity contribution in [2.24, 2.45) is 5.92 Å². The second kappa shape index (κ2) is 7.97. The van der Waals surface area contributed by atoms with E-state index in [9.17, 15) is 9.59 Å². The van der Waals surface area contributed by atoms with E-state index >= 15 is 0 Å². The van der Waals surface area contributed by atoms with Crippen LogP contribution in [0.25, 0.3) is 10.8 Å².